The summed E-state index contributed by atoms with van der Waals surface area (Å²) in [5.74, 6) is 0.137. The summed E-state index contributed by atoms with van der Waals surface area (Å²) in [6, 6.07) is 7.94. The maximum Gasteiger partial charge on any atom is 0.132 e. The van der Waals surface area contributed by atoms with Crippen molar-refractivity contribution in [1.82, 2.24) is 9.97 Å². The van der Waals surface area contributed by atoms with Gasteiger partial charge in [0.2, 0.25) is 0 Å². The number of nitrogens with zero attached hydrogens (tertiary/aromatic N) is 3. The average Bonchev–Trinajstić information content (AvgIpc) is 2.39. The van der Waals surface area contributed by atoms with Gasteiger partial charge < -0.3 is 0 Å². The Morgan fingerprint density at radius 3 is 2.94 bits per heavy atom. The van der Waals surface area contributed by atoms with Crippen LogP contribution in [0.4, 0.5) is 4.39 Å². The minimum absolute atomic E-state index is 0.335. The molecule has 0 saturated carbocycles. The van der Waals surface area contributed by atoms with Crippen LogP contribution in [0.25, 0.3) is 11.3 Å². The predicted molar refractivity (Wildman–Crippen MR) is 66.4 cm³/mol. The Balaban J connectivity index is 2.38. The van der Waals surface area contributed by atoms with Gasteiger partial charge in [-0.15, -0.1) is 0 Å². The first-order valence-corrected chi connectivity index (χ1v) is 5.73. The highest BCUT2D eigenvalue weighted by Gasteiger charge is 2.08. The summed E-state index contributed by atoms with van der Waals surface area (Å²) in [4.78, 5) is 8.26. The maximum atomic E-state index is 13.7. The molecule has 0 aliphatic rings. The molecule has 0 saturated heterocycles. The Bertz CT molecular complexity index is 607. The Labute approximate surface area is 109 Å². The first-order valence-electron chi connectivity index (χ1n) is 5.35. The Kier molecular flexibility index (Phi) is 3.85. The molecule has 0 spiro atoms. The van der Waals surface area contributed by atoms with Crippen LogP contribution in [0.2, 0.25) is 5.02 Å². The fourth-order valence-electron chi connectivity index (χ4n) is 1.53. The zero-order valence-corrected chi connectivity index (χ0v) is 10.2. The second-order valence-corrected chi connectivity index (χ2v) is 4.08. The number of aromatic nitrogens is 2. The number of hydrogen-bond acceptors (Lipinski definition) is 3. The van der Waals surface area contributed by atoms with E-state index in [1.54, 1.807) is 12.3 Å². The van der Waals surface area contributed by atoms with E-state index in [-0.39, 0.29) is 5.82 Å². The SMILES string of the molecule is N#CCCc1nccc(-c2cc(Cl)ccc2F)n1. The van der Waals surface area contributed by atoms with Crippen molar-refractivity contribution in [3.8, 4) is 17.3 Å². The summed E-state index contributed by atoms with van der Waals surface area (Å²) in [5.41, 5.74) is 0.807. The van der Waals surface area contributed by atoms with Crippen molar-refractivity contribution < 1.29 is 4.39 Å². The van der Waals surface area contributed by atoms with Crippen molar-refractivity contribution in [3.05, 3.63) is 47.1 Å². The molecule has 0 N–H and O–H groups in total. The molecule has 0 atom stereocenters. The molecule has 1 aromatic heterocycles. The molecular weight excluding hydrogens is 253 g/mol. The highest BCUT2D eigenvalue weighted by atomic mass is 35.5. The largest absolute Gasteiger partial charge is 0.241 e. The van der Waals surface area contributed by atoms with E-state index in [2.05, 4.69) is 9.97 Å². The molecule has 2 rings (SSSR count). The van der Waals surface area contributed by atoms with Crippen molar-refractivity contribution in [2.75, 3.05) is 0 Å². The fraction of sp³-hybridized carbons (Fsp3) is 0.154. The Morgan fingerprint density at radius 1 is 1.33 bits per heavy atom. The van der Waals surface area contributed by atoms with Gasteiger partial charge in [0.15, 0.2) is 0 Å². The highest BCUT2D eigenvalue weighted by Crippen LogP contribution is 2.24. The third kappa shape index (κ3) is 2.82. The van der Waals surface area contributed by atoms with Gasteiger partial charge in [-0.1, -0.05) is 11.6 Å². The third-order valence-corrected chi connectivity index (χ3v) is 2.61. The molecule has 0 fully saturated rings. The molecule has 18 heavy (non-hydrogen) atoms. The van der Waals surface area contributed by atoms with Crippen LogP contribution in [0.5, 0.6) is 0 Å². The molecule has 0 aliphatic carbocycles. The second kappa shape index (κ2) is 5.56. The van der Waals surface area contributed by atoms with Gasteiger partial charge in [0.05, 0.1) is 11.8 Å². The van der Waals surface area contributed by atoms with Gasteiger partial charge >= 0.3 is 0 Å². The summed E-state index contributed by atoms with van der Waals surface area (Å²) in [6.45, 7) is 0. The van der Waals surface area contributed by atoms with Crippen LogP contribution in [-0.2, 0) is 6.42 Å². The lowest BCUT2D eigenvalue weighted by Gasteiger charge is -2.04. The Hall–Kier alpha value is -1.99. The van der Waals surface area contributed by atoms with Crippen molar-refractivity contribution >= 4 is 11.6 Å². The lowest BCUT2D eigenvalue weighted by Crippen LogP contribution is -1.97. The number of nitriles is 1. The third-order valence-electron chi connectivity index (χ3n) is 2.37. The number of rotatable bonds is 3. The summed E-state index contributed by atoms with van der Waals surface area (Å²) in [5, 5.41) is 8.96. The van der Waals surface area contributed by atoms with Crippen LogP contribution in [0, 0.1) is 17.1 Å². The van der Waals surface area contributed by atoms with Crippen LogP contribution in [0.3, 0.4) is 0 Å². The van der Waals surface area contributed by atoms with E-state index in [9.17, 15) is 4.39 Å². The zero-order valence-electron chi connectivity index (χ0n) is 9.40. The van der Waals surface area contributed by atoms with E-state index >= 15 is 0 Å². The molecule has 0 radical (unpaired) electrons. The standard InChI is InChI=1S/C13H9ClFN3/c14-9-3-4-11(15)10(8-9)12-5-7-17-13(18-12)2-1-6-16/h3-5,7-8H,1-2H2. The number of aryl methyl sites for hydroxylation is 1. The normalized spacial score (nSPS) is 10.1. The van der Waals surface area contributed by atoms with E-state index in [4.69, 9.17) is 16.9 Å². The maximum absolute atomic E-state index is 13.7. The van der Waals surface area contributed by atoms with Gasteiger partial charge in [0.1, 0.15) is 11.6 Å². The zero-order chi connectivity index (χ0) is 13.0. The molecular formula is C13H9ClFN3. The molecule has 0 unspecified atom stereocenters. The Morgan fingerprint density at radius 2 is 2.17 bits per heavy atom. The smallest absolute Gasteiger partial charge is 0.132 e. The van der Waals surface area contributed by atoms with Crippen molar-refractivity contribution in [2.24, 2.45) is 0 Å². The van der Waals surface area contributed by atoms with Gasteiger partial charge in [-0.3, -0.25) is 0 Å². The molecule has 1 aromatic carbocycles. The van der Waals surface area contributed by atoms with E-state index in [1.165, 1.54) is 18.2 Å². The first kappa shape index (κ1) is 12.5. The van der Waals surface area contributed by atoms with Crippen LogP contribution in [0.1, 0.15) is 12.2 Å². The van der Waals surface area contributed by atoms with E-state index < -0.39 is 0 Å². The van der Waals surface area contributed by atoms with Crippen molar-refractivity contribution in [3.63, 3.8) is 0 Å². The van der Waals surface area contributed by atoms with Gasteiger partial charge in [-0.2, -0.15) is 5.26 Å². The average molecular weight is 262 g/mol. The van der Waals surface area contributed by atoms with Gasteiger partial charge in [-0.25, -0.2) is 14.4 Å². The molecule has 0 bridgehead atoms. The monoisotopic (exact) mass is 261 g/mol. The number of hydrogen-bond donors (Lipinski definition) is 0. The van der Waals surface area contributed by atoms with Crippen LogP contribution < -0.4 is 0 Å². The first-order chi connectivity index (χ1) is 8.70. The highest BCUT2D eigenvalue weighted by molar-refractivity contribution is 6.30. The lowest BCUT2D eigenvalue weighted by molar-refractivity contribution is 0.630. The van der Waals surface area contributed by atoms with Crippen molar-refractivity contribution in [2.45, 2.75) is 12.8 Å². The lowest BCUT2D eigenvalue weighted by atomic mass is 10.1. The van der Waals surface area contributed by atoms with E-state index in [1.807, 2.05) is 6.07 Å². The van der Waals surface area contributed by atoms with Gasteiger partial charge in [0, 0.05) is 29.6 Å². The van der Waals surface area contributed by atoms with Gasteiger partial charge in [-0.05, 0) is 24.3 Å². The molecule has 1 heterocycles. The van der Waals surface area contributed by atoms with E-state index in [0.717, 1.165) is 0 Å². The molecule has 5 heteroatoms. The quantitative estimate of drug-likeness (QED) is 0.851. The number of benzene rings is 1. The topological polar surface area (TPSA) is 49.6 Å². The summed E-state index contributed by atoms with van der Waals surface area (Å²) < 4.78 is 13.7. The summed E-state index contributed by atoms with van der Waals surface area (Å²) >= 11 is 5.84. The number of halogens is 2. The van der Waals surface area contributed by atoms with Crippen LogP contribution >= 0.6 is 11.6 Å². The van der Waals surface area contributed by atoms with Gasteiger partial charge in [0.25, 0.3) is 0 Å². The molecule has 0 amide bonds. The fourth-order valence-corrected chi connectivity index (χ4v) is 1.70. The van der Waals surface area contributed by atoms with Crippen molar-refractivity contribution in [1.29, 1.82) is 5.26 Å². The summed E-state index contributed by atoms with van der Waals surface area (Å²) in [6.07, 6.45) is 2.34. The molecule has 2 aromatic rings. The molecule has 0 aliphatic heterocycles. The molecule has 3 nitrogen and oxygen atoms in total. The summed E-state index contributed by atoms with van der Waals surface area (Å²) in [7, 11) is 0. The minimum Gasteiger partial charge on any atom is -0.241 e. The van der Waals surface area contributed by atoms with E-state index in [0.29, 0.717) is 34.9 Å². The second-order valence-electron chi connectivity index (χ2n) is 3.64. The van der Waals surface area contributed by atoms with Crippen LogP contribution in [-0.4, -0.2) is 9.97 Å². The molecule has 90 valence electrons. The predicted octanol–water partition coefficient (Wildman–Crippen LogP) is 3.39. The minimum atomic E-state index is -0.385. The van der Waals surface area contributed by atoms with Crippen LogP contribution in [0.15, 0.2) is 30.5 Å².